The summed E-state index contributed by atoms with van der Waals surface area (Å²) in [6.07, 6.45) is 2.91. The second-order valence-electron chi connectivity index (χ2n) is 5.61. The van der Waals surface area contributed by atoms with Gasteiger partial charge in [-0.25, -0.2) is 8.78 Å². The van der Waals surface area contributed by atoms with Crippen molar-refractivity contribution < 1.29 is 18.3 Å². The summed E-state index contributed by atoms with van der Waals surface area (Å²) < 4.78 is 32.8. The highest BCUT2D eigenvalue weighted by Crippen LogP contribution is 2.25. The summed E-state index contributed by atoms with van der Waals surface area (Å²) in [5, 5.41) is 7.16. The summed E-state index contributed by atoms with van der Waals surface area (Å²) >= 11 is 0. The van der Waals surface area contributed by atoms with Gasteiger partial charge in [-0.2, -0.15) is 5.10 Å². The molecule has 0 spiro atoms. The maximum atomic E-state index is 14.0. The van der Waals surface area contributed by atoms with Crippen molar-refractivity contribution in [3.63, 3.8) is 0 Å². The molecule has 3 rings (SSSR count). The number of nitrogens with zero attached hydrogens (tertiary/aromatic N) is 2. The van der Waals surface area contributed by atoms with Crippen LogP contribution in [0.5, 0.6) is 5.75 Å². The van der Waals surface area contributed by atoms with Gasteiger partial charge in [-0.3, -0.25) is 9.89 Å². The Balaban J connectivity index is 1.82. The molecule has 122 valence electrons. The van der Waals surface area contributed by atoms with Crippen LogP contribution in [-0.2, 0) is 19.4 Å². The van der Waals surface area contributed by atoms with Gasteiger partial charge in [-0.15, -0.1) is 0 Å². The molecule has 1 aromatic heterocycles. The van der Waals surface area contributed by atoms with Crippen LogP contribution in [0.1, 0.15) is 33.7 Å². The number of fused-ring (bicyclic) bond motifs is 1. The smallest absolute Gasteiger partial charge is 0.259 e. The lowest BCUT2D eigenvalue weighted by Gasteiger charge is -2.17. The van der Waals surface area contributed by atoms with Gasteiger partial charge in [0, 0.05) is 24.9 Å². The first-order valence-corrected chi connectivity index (χ1v) is 7.34. The van der Waals surface area contributed by atoms with Crippen molar-refractivity contribution in [3.8, 4) is 5.75 Å². The van der Waals surface area contributed by atoms with Gasteiger partial charge >= 0.3 is 0 Å². The fraction of sp³-hybridized carbons (Fsp3) is 0.375. The van der Waals surface area contributed by atoms with E-state index in [0.29, 0.717) is 0 Å². The number of ether oxygens (including phenoxy) is 1. The molecule has 1 N–H and O–H groups in total. The maximum absolute atomic E-state index is 14.0. The van der Waals surface area contributed by atoms with Crippen LogP contribution < -0.4 is 4.74 Å². The minimum Gasteiger partial charge on any atom is -0.497 e. The molecule has 0 atom stereocenters. The molecule has 2 aromatic rings. The highest BCUT2D eigenvalue weighted by molar-refractivity contribution is 5.94. The van der Waals surface area contributed by atoms with Gasteiger partial charge < -0.3 is 9.64 Å². The molecule has 7 heteroatoms. The van der Waals surface area contributed by atoms with Gasteiger partial charge in [-0.05, 0) is 24.8 Å². The van der Waals surface area contributed by atoms with Gasteiger partial charge in [-0.1, -0.05) is 0 Å². The molecule has 0 unspecified atom stereocenters. The number of halogens is 2. The Labute approximate surface area is 132 Å². The minimum atomic E-state index is -0.939. The van der Waals surface area contributed by atoms with Crippen LogP contribution >= 0.6 is 0 Å². The number of methoxy groups -OCH3 is 1. The molecule has 0 saturated heterocycles. The number of carbonyl (C=O) groups is 1. The summed E-state index contributed by atoms with van der Waals surface area (Å²) in [5.41, 5.74) is 2.37. The van der Waals surface area contributed by atoms with Gasteiger partial charge in [0.25, 0.3) is 5.91 Å². The van der Waals surface area contributed by atoms with Crippen LogP contribution in [0.15, 0.2) is 12.1 Å². The highest BCUT2D eigenvalue weighted by Gasteiger charge is 2.25. The SMILES string of the molecule is COc1cc(F)c(C(=O)N(C)Cc2n[nH]c3c2CCC3)c(F)c1. The molecule has 0 fully saturated rings. The predicted molar refractivity (Wildman–Crippen MR) is 79.3 cm³/mol. The van der Waals surface area contributed by atoms with Crippen molar-refractivity contribution in [3.05, 3.63) is 46.3 Å². The summed E-state index contributed by atoms with van der Waals surface area (Å²) in [5.74, 6) is -2.57. The molecule has 1 aromatic carbocycles. The average molecular weight is 321 g/mol. The molecule has 0 bridgehead atoms. The Bertz CT molecular complexity index is 735. The second kappa shape index (κ2) is 5.98. The molecule has 1 heterocycles. The van der Waals surface area contributed by atoms with Gasteiger partial charge in [0.15, 0.2) is 0 Å². The van der Waals surface area contributed by atoms with Crippen molar-refractivity contribution >= 4 is 5.91 Å². The number of H-pyrrole nitrogens is 1. The van der Waals surface area contributed by atoms with Crippen molar-refractivity contribution in [2.75, 3.05) is 14.2 Å². The first-order valence-electron chi connectivity index (χ1n) is 7.34. The van der Waals surface area contributed by atoms with E-state index >= 15 is 0 Å². The minimum absolute atomic E-state index is 0.0318. The van der Waals surface area contributed by atoms with Crippen LogP contribution in [0.2, 0.25) is 0 Å². The Hall–Kier alpha value is -2.44. The Kier molecular flexibility index (Phi) is 4.02. The van der Waals surface area contributed by atoms with Crippen molar-refractivity contribution in [2.45, 2.75) is 25.8 Å². The predicted octanol–water partition coefficient (Wildman–Crippen LogP) is 2.46. The second-order valence-corrected chi connectivity index (χ2v) is 5.61. The number of carbonyl (C=O) groups excluding carboxylic acids is 1. The molecule has 1 aliphatic rings. The van der Waals surface area contributed by atoms with Crippen molar-refractivity contribution in [2.24, 2.45) is 0 Å². The zero-order valence-corrected chi connectivity index (χ0v) is 12.9. The summed E-state index contributed by atoms with van der Waals surface area (Å²) in [6, 6.07) is 1.99. The molecule has 23 heavy (non-hydrogen) atoms. The van der Waals surface area contributed by atoms with E-state index in [1.54, 1.807) is 0 Å². The third kappa shape index (κ3) is 2.78. The number of amides is 1. The summed E-state index contributed by atoms with van der Waals surface area (Å²) in [7, 11) is 2.81. The number of hydrogen-bond donors (Lipinski definition) is 1. The standard InChI is InChI=1S/C16H17F2N3O2/c1-21(8-14-10-4-3-5-13(10)19-20-14)16(22)15-11(17)6-9(23-2)7-12(15)18/h6-7H,3-5,8H2,1-2H3,(H,19,20). The Morgan fingerprint density at radius 1 is 1.35 bits per heavy atom. The maximum Gasteiger partial charge on any atom is 0.259 e. The molecular weight excluding hydrogens is 304 g/mol. The molecule has 1 aliphatic carbocycles. The van der Waals surface area contributed by atoms with Crippen molar-refractivity contribution in [1.29, 1.82) is 0 Å². The molecule has 5 nitrogen and oxygen atoms in total. The fourth-order valence-electron chi connectivity index (χ4n) is 2.88. The summed E-state index contributed by atoms with van der Waals surface area (Å²) in [6.45, 7) is 0.204. The number of aromatic amines is 1. The zero-order chi connectivity index (χ0) is 16.6. The number of aryl methyl sites for hydroxylation is 1. The Morgan fingerprint density at radius 3 is 2.70 bits per heavy atom. The number of rotatable bonds is 4. The van der Waals surface area contributed by atoms with Crippen LogP contribution in [0, 0.1) is 11.6 Å². The van der Waals surface area contributed by atoms with Crippen LogP contribution in [-0.4, -0.2) is 35.2 Å². The Morgan fingerprint density at radius 2 is 2.04 bits per heavy atom. The first kappa shape index (κ1) is 15.5. The lowest BCUT2D eigenvalue weighted by molar-refractivity contribution is 0.0773. The van der Waals surface area contributed by atoms with E-state index in [1.807, 2.05) is 0 Å². The number of hydrogen-bond acceptors (Lipinski definition) is 3. The lowest BCUT2D eigenvalue weighted by Crippen LogP contribution is -2.28. The summed E-state index contributed by atoms with van der Waals surface area (Å²) in [4.78, 5) is 13.6. The molecule has 0 saturated carbocycles. The van der Waals surface area contributed by atoms with Gasteiger partial charge in [0.2, 0.25) is 0 Å². The van der Waals surface area contributed by atoms with E-state index in [4.69, 9.17) is 4.74 Å². The van der Waals surface area contributed by atoms with E-state index in [-0.39, 0.29) is 12.3 Å². The van der Waals surface area contributed by atoms with Gasteiger partial charge in [0.05, 0.1) is 19.3 Å². The first-order chi connectivity index (χ1) is 11.0. The number of benzene rings is 1. The van der Waals surface area contributed by atoms with Gasteiger partial charge in [0.1, 0.15) is 22.9 Å². The van der Waals surface area contributed by atoms with E-state index in [0.717, 1.165) is 48.3 Å². The molecule has 0 radical (unpaired) electrons. The highest BCUT2D eigenvalue weighted by atomic mass is 19.1. The topological polar surface area (TPSA) is 58.2 Å². The lowest BCUT2D eigenvalue weighted by atomic mass is 10.1. The number of aromatic nitrogens is 2. The molecular formula is C16H17F2N3O2. The van der Waals surface area contributed by atoms with Crippen molar-refractivity contribution in [1.82, 2.24) is 15.1 Å². The molecule has 1 amide bonds. The monoisotopic (exact) mass is 321 g/mol. The van der Waals surface area contributed by atoms with Crippen LogP contribution in [0.4, 0.5) is 8.78 Å². The quantitative estimate of drug-likeness (QED) is 0.941. The van der Waals surface area contributed by atoms with E-state index in [2.05, 4.69) is 10.2 Å². The third-order valence-corrected chi connectivity index (χ3v) is 4.09. The van der Waals surface area contributed by atoms with Crippen LogP contribution in [0.3, 0.4) is 0 Å². The van der Waals surface area contributed by atoms with Crippen LogP contribution in [0.25, 0.3) is 0 Å². The van der Waals surface area contributed by atoms with E-state index < -0.39 is 23.1 Å². The normalized spacial score (nSPS) is 13.0. The van der Waals surface area contributed by atoms with E-state index in [9.17, 15) is 13.6 Å². The largest absolute Gasteiger partial charge is 0.497 e. The fourth-order valence-corrected chi connectivity index (χ4v) is 2.88. The van der Waals surface area contributed by atoms with E-state index in [1.165, 1.54) is 19.1 Å². The average Bonchev–Trinajstić information content (AvgIpc) is 3.11. The zero-order valence-electron chi connectivity index (χ0n) is 12.9. The third-order valence-electron chi connectivity index (χ3n) is 4.09. The molecule has 0 aliphatic heterocycles. The number of nitrogens with one attached hydrogen (secondary N) is 1.